The first-order valence-corrected chi connectivity index (χ1v) is 13.9. The Bertz CT molecular complexity index is 1010. The van der Waals surface area contributed by atoms with Crippen LogP contribution >= 0.6 is 0 Å². The Kier molecular flexibility index (Phi) is 8.61. The van der Waals surface area contributed by atoms with Gasteiger partial charge < -0.3 is 29.0 Å². The van der Waals surface area contributed by atoms with E-state index in [2.05, 4.69) is 0 Å². The molecular formula is C23H28O9S2. The molecule has 0 amide bonds. The molecule has 2 aliphatic heterocycles. The van der Waals surface area contributed by atoms with E-state index in [0.717, 1.165) is 11.1 Å². The van der Waals surface area contributed by atoms with Crippen molar-refractivity contribution in [3.63, 3.8) is 0 Å². The molecule has 0 radical (unpaired) electrons. The van der Waals surface area contributed by atoms with Gasteiger partial charge in [-0.15, -0.1) is 0 Å². The van der Waals surface area contributed by atoms with Crippen LogP contribution in [0.1, 0.15) is 17.4 Å². The topological polar surface area (TPSA) is 135 Å². The van der Waals surface area contributed by atoms with Crippen LogP contribution in [0.2, 0.25) is 0 Å². The van der Waals surface area contributed by atoms with Gasteiger partial charge in [-0.05, 0) is 5.56 Å². The monoisotopic (exact) mass is 512 g/mol. The first kappa shape index (κ1) is 25.5. The molecule has 2 aliphatic rings. The lowest BCUT2D eigenvalue weighted by atomic mass is 10.1. The molecule has 2 aromatic carbocycles. The van der Waals surface area contributed by atoms with Crippen LogP contribution in [0.5, 0.6) is 0 Å². The molecule has 186 valence electrons. The SMILES string of the molecule is O=S(=O)([O-])O[C@H]1CO[C@@H](c2ccccc2)O[C@@H]1C[S+]1C[C@@H](O)[C@H](OCc2ccccc2)[C@H]1CO. The molecule has 0 aromatic heterocycles. The molecule has 34 heavy (non-hydrogen) atoms. The molecule has 0 bridgehead atoms. The predicted molar refractivity (Wildman–Crippen MR) is 124 cm³/mol. The van der Waals surface area contributed by atoms with E-state index in [1.807, 2.05) is 60.7 Å². The van der Waals surface area contributed by atoms with Crippen LogP contribution in [0.4, 0.5) is 0 Å². The van der Waals surface area contributed by atoms with E-state index in [4.69, 9.17) is 18.4 Å². The first-order valence-electron chi connectivity index (χ1n) is 10.9. The van der Waals surface area contributed by atoms with Crippen molar-refractivity contribution in [3.05, 3.63) is 71.8 Å². The van der Waals surface area contributed by atoms with Gasteiger partial charge in [-0.25, -0.2) is 8.42 Å². The molecular weight excluding hydrogens is 484 g/mol. The Hall–Kier alpha value is -1.54. The van der Waals surface area contributed by atoms with Crippen LogP contribution in [0.15, 0.2) is 60.7 Å². The number of rotatable bonds is 9. The number of benzene rings is 2. The highest BCUT2D eigenvalue weighted by Gasteiger charge is 2.53. The summed E-state index contributed by atoms with van der Waals surface area (Å²) in [5, 5.41) is 20.4. The second kappa shape index (κ2) is 11.5. The number of hydrogen-bond acceptors (Lipinski definition) is 9. The average Bonchev–Trinajstić information content (AvgIpc) is 3.12. The Morgan fingerprint density at radius 3 is 2.41 bits per heavy atom. The van der Waals surface area contributed by atoms with Crippen LogP contribution < -0.4 is 0 Å². The van der Waals surface area contributed by atoms with E-state index in [-0.39, 0.29) is 24.2 Å². The molecule has 4 rings (SSSR count). The Balaban J connectivity index is 1.47. The van der Waals surface area contributed by atoms with E-state index < -0.39 is 52.0 Å². The fourth-order valence-corrected chi connectivity index (χ4v) is 7.53. The zero-order chi connectivity index (χ0) is 24.1. The molecule has 2 fully saturated rings. The van der Waals surface area contributed by atoms with Crippen LogP contribution in [0.25, 0.3) is 0 Å². The molecule has 2 saturated heterocycles. The summed E-state index contributed by atoms with van der Waals surface area (Å²) < 4.78 is 56.2. The number of aliphatic hydroxyl groups is 2. The molecule has 0 spiro atoms. The van der Waals surface area contributed by atoms with Gasteiger partial charge in [0, 0.05) is 16.5 Å². The highest BCUT2D eigenvalue weighted by molar-refractivity contribution is 7.97. The maximum absolute atomic E-state index is 11.3. The molecule has 0 aliphatic carbocycles. The summed E-state index contributed by atoms with van der Waals surface area (Å²) in [6.07, 6.45) is -4.05. The smallest absolute Gasteiger partial charge is 0.218 e. The van der Waals surface area contributed by atoms with Gasteiger partial charge in [0.25, 0.3) is 0 Å². The first-order chi connectivity index (χ1) is 16.3. The minimum Gasteiger partial charge on any atom is -0.726 e. The van der Waals surface area contributed by atoms with Crippen molar-refractivity contribution in [1.29, 1.82) is 0 Å². The molecule has 9 nitrogen and oxygen atoms in total. The van der Waals surface area contributed by atoms with Gasteiger partial charge in [0.1, 0.15) is 35.9 Å². The third-order valence-corrected chi connectivity index (χ3v) is 9.12. The summed E-state index contributed by atoms with van der Waals surface area (Å²) in [7, 11) is -5.57. The van der Waals surface area contributed by atoms with E-state index in [1.165, 1.54) is 0 Å². The van der Waals surface area contributed by atoms with Gasteiger partial charge in [0.2, 0.25) is 10.4 Å². The molecule has 11 heteroatoms. The fourth-order valence-electron chi connectivity index (χ4n) is 4.22. The minimum absolute atomic E-state index is 0.150. The second-order valence-corrected chi connectivity index (χ2v) is 11.6. The van der Waals surface area contributed by atoms with Crippen molar-refractivity contribution in [1.82, 2.24) is 0 Å². The van der Waals surface area contributed by atoms with Crippen molar-refractivity contribution in [3.8, 4) is 0 Å². The number of hydrogen-bond donors (Lipinski definition) is 2. The van der Waals surface area contributed by atoms with E-state index in [9.17, 15) is 23.2 Å². The Labute approximate surface area is 201 Å². The van der Waals surface area contributed by atoms with Gasteiger partial charge in [-0.2, -0.15) is 0 Å². The number of ether oxygens (including phenoxy) is 3. The second-order valence-electron chi connectivity index (χ2n) is 8.21. The van der Waals surface area contributed by atoms with Crippen LogP contribution in [-0.2, 0) is 46.3 Å². The molecule has 1 unspecified atom stereocenters. The van der Waals surface area contributed by atoms with Gasteiger partial charge in [-0.3, -0.25) is 4.18 Å². The normalized spacial score (nSPS) is 32.0. The van der Waals surface area contributed by atoms with Gasteiger partial charge >= 0.3 is 0 Å². The van der Waals surface area contributed by atoms with Crippen molar-refractivity contribution >= 4 is 21.3 Å². The number of aliphatic hydroxyl groups excluding tert-OH is 2. The quantitative estimate of drug-likeness (QED) is 0.285. The standard InChI is InChI=1S/C23H28O9S2/c24-11-21-22(29-12-16-7-3-1-4-8-16)18(25)14-33(21)15-20-19(32-34(26,27)28)13-30-23(31-20)17-9-5-2-6-10-17/h1-10,18-25H,11-15H2/t18-,19+,20-,21-,22+,23-,33?/m1/s1. The summed E-state index contributed by atoms with van der Waals surface area (Å²) in [5.74, 6) is 0.638. The molecule has 2 aromatic rings. The minimum atomic E-state index is -4.98. The summed E-state index contributed by atoms with van der Waals surface area (Å²) in [6.45, 7) is -0.0696. The van der Waals surface area contributed by atoms with Gasteiger partial charge in [0.05, 0.1) is 19.8 Å². The summed E-state index contributed by atoms with van der Waals surface area (Å²) in [5.41, 5.74) is 1.69. The van der Waals surface area contributed by atoms with Crippen LogP contribution in [0, 0.1) is 0 Å². The van der Waals surface area contributed by atoms with Crippen molar-refractivity contribution < 1.29 is 41.6 Å². The summed E-state index contributed by atoms with van der Waals surface area (Å²) in [4.78, 5) is 0. The summed E-state index contributed by atoms with van der Waals surface area (Å²) in [6, 6.07) is 18.7. The highest BCUT2D eigenvalue weighted by Crippen LogP contribution is 2.33. The van der Waals surface area contributed by atoms with Crippen molar-refractivity contribution in [2.45, 2.75) is 42.6 Å². The van der Waals surface area contributed by atoms with Crippen LogP contribution in [-0.4, -0.2) is 77.6 Å². The molecule has 2 heterocycles. The lowest BCUT2D eigenvalue weighted by molar-refractivity contribution is -0.245. The average molecular weight is 513 g/mol. The lowest BCUT2D eigenvalue weighted by Crippen LogP contribution is -2.48. The van der Waals surface area contributed by atoms with E-state index in [1.54, 1.807) is 0 Å². The third-order valence-electron chi connectivity index (χ3n) is 5.84. The fraction of sp³-hybridized carbons (Fsp3) is 0.478. The van der Waals surface area contributed by atoms with E-state index >= 15 is 0 Å². The van der Waals surface area contributed by atoms with Crippen LogP contribution in [0.3, 0.4) is 0 Å². The predicted octanol–water partition coefficient (Wildman–Crippen LogP) is 0.885. The highest BCUT2D eigenvalue weighted by atomic mass is 32.3. The maximum atomic E-state index is 11.3. The maximum Gasteiger partial charge on any atom is 0.218 e. The largest absolute Gasteiger partial charge is 0.726 e. The third kappa shape index (κ3) is 6.56. The van der Waals surface area contributed by atoms with E-state index in [0.29, 0.717) is 12.4 Å². The zero-order valence-electron chi connectivity index (χ0n) is 18.3. The van der Waals surface area contributed by atoms with Crippen molar-refractivity contribution in [2.24, 2.45) is 0 Å². The van der Waals surface area contributed by atoms with Gasteiger partial charge in [-0.1, -0.05) is 60.7 Å². The Morgan fingerprint density at radius 1 is 1.09 bits per heavy atom. The molecule has 2 N–H and O–H groups in total. The zero-order valence-corrected chi connectivity index (χ0v) is 20.0. The van der Waals surface area contributed by atoms with Gasteiger partial charge in [0.15, 0.2) is 11.5 Å². The lowest BCUT2D eigenvalue weighted by Gasteiger charge is -2.36. The van der Waals surface area contributed by atoms with Crippen molar-refractivity contribution in [2.75, 3.05) is 24.7 Å². The molecule has 0 saturated carbocycles. The molecule has 7 atom stereocenters. The summed E-state index contributed by atoms with van der Waals surface area (Å²) >= 11 is 0. The Morgan fingerprint density at radius 2 is 1.76 bits per heavy atom.